The lowest BCUT2D eigenvalue weighted by Gasteiger charge is -2.08. The first-order valence-corrected chi connectivity index (χ1v) is 8.29. The molecule has 0 saturated carbocycles. The summed E-state index contributed by atoms with van der Waals surface area (Å²) in [6.07, 6.45) is 3.23. The molecule has 8 heteroatoms. The number of aryl methyl sites for hydroxylation is 1. The van der Waals surface area contributed by atoms with Crippen molar-refractivity contribution in [2.45, 2.75) is 13.0 Å². The predicted octanol–water partition coefficient (Wildman–Crippen LogP) is 2.95. The first-order valence-electron chi connectivity index (χ1n) is 8.29. The van der Waals surface area contributed by atoms with Crippen LogP contribution in [-0.4, -0.2) is 20.3 Å². The normalized spacial score (nSPS) is 11.0. The van der Waals surface area contributed by atoms with E-state index >= 15 is 0 Å². The third-order valence-corrected chi connectivity index (χ3v) is 4.12. The van der Waals surface area contributed by atoms with Crippen LogP contribution in [0.2, 0.25) is 0 Å². The molecule has 0 radical (unpaired) electrons. The minimum atomic E-state index is -0.515. The Balaban J connectivity index is 1.44. The van der Waals surface area contributed by atoms with Gasteiger partial charge in [0.25, 0.3) is 0 Å². The summed E-state index contributed by atoms with van der Waals surface area (Å²) in [6, 6.07) is 13.1. The molecule has 0 aliphatic carbocycles. The number of oxazole rings is 1. The fourth-order valence-corrected chi connectivity index (χ4v) is 2.84. The van der Waals surface area contributed by atoms with Gasteiger partial charge in [-0.15, -0.1) is 0 Å². The van der Waals surface area contributed by atoms with Gasteiger partial charge in [0.2, 0.25) is 5.91 Å². The average Bonchev–Trinajstić information content (AvgIpc) is 3.27. The summed E-state index contributed by atoms with van der Waals surface area (Å²) in [7, 11) is 0. The monoisotopic (exact) mass is 366 g/mol. The van der Waals surface area contributed by atoms with Crippen LogP contribution in [0.1, 0.15) is 6.42 Å². The molecule has 2 aromatic heterocycles. The molecular formula is C19H15FN4O3. The maximum Gasteiger partial charge on any atom is 0.419 e. The van der Waals surface area contributed by atoms with Gasteiger partial charge in [-0.05, 0) is 36.4 Å². The van der Waals surface area contributed by atoms with Crippen LogP contribution in [-0.2, 0) is 11.3 Å². The molecule has 2 heterocycles. The summed E-state index contributed by atoms with van der Waals surface area (Å²) in [5.74, 6) is -1.36. The van der Waals surface area contributed by atoms with Crippen LogP contribution in [0.5, 0.6) is 0 Å². The molecule has 0 saturated heterocycles. The predicted molar refractivity (Wildman–Crippen MR) is 97.2 cm³/mol. The zero-order chi connectivity index (χ0) is 18.8. The van der Waals surface area contributed by atoms with Crippen LogP contribution in [0.25, 0.3) is 16.8 Å². The van der Waals surface area contributed by atoms with Crippen molar-refractivity contribution in [3.63, 3.8) is 0 Å². The minimum absolute atomic E-state index is 0.0476. The molecule has 0 bridgehead atoms. The van der Waals surface area contributed by atoms with E-state index in [-0.39, 0.29) is 24.6 Å². The van der Waals surface area contributed by atoms with E-state index < -0.39 is 11.6 Å². The van der Waals surface area contributed by atoms with Gasteiger partial charge in [-0.2, -0.15) is 5.10 Å². The lowest BCUT2D eigenvalue weighted by Crippen LogP contribution is -2.20. The Labute approximate surface area is 152 Å². The van der Waals surface area contributed by atoms with Crippen LogP contribution >= 0.6 is 0 Å². The zero-order valence-electron chi connectivity index (χ0n) is 14.1. The van der Waals surface area contributed by atoms with Gasteiger partial charge in [0, 0.05) is 31.0 Å². The number of nitrogens with one attached hydrogen (secondary N) is 1. The number of hydrogen-bond donors (Lipinski definition) is 1. The van der Waals surface area contributed by atoms with E-state index in [1.54, 1.807) is 48.8 Å². The Bertz CT molecular complexity index is 1160. The molecule has 136 valence electrons. The van der Waals surface area contributed by atoms with E-state index in [1.165, 1.54) is 21.4 Å². The number of anilines is 1. The molecule has 0 atom stereocenters. The first kappa shape index (κ1) is 16.8. The van der Waals surface area contributed by atoms with Crippen LogP contribution in [0.15, 0.2) is 70.1 Å². The highest BCUT2D eigenvalue weighted by Crippen LogP contribution is 2.18. The van der Waals surface area contributed by atoms with Gasteiger partial charge in [0.1, 0.15) is 5.69 Å². The SMILES string of the molecule is O=C(CCn1c(=O)oc2ccccc21)Nc1ccc(-n2cccn2)c(F)c1. The lowest BCUT2D eigenvalue weighted by atomic mass is 10.2. The van der Waals surface area contributed by atoms with Gasteiger partial charge in [0.05, 0.1) is 5.52 Å². The Morgan fingerprint density at radius 1 is 1.19 bits per heavy atom. The number of carbonyl (C=O) groups excluding carboxylic acids is 1. The van der Waals surface area contributed by atoms with E-state index in [1.807, 2.05) is 0 Å². The van der Waals surface area contributed by atoms with Gasteiger partial charge in [-0.3, -0.25) is 9.36 Å². The van der Waals surface area contributed by atoms with Crippen molar-refractivity contribution < 1.29 is 13.6 Å². The molecule has 1 N–H and O–H groups in total. The molecule has 4 aromatic rings. The summed E-state index contributed by atoms with van der Waals surface area (Å²) in [4.78, 5) is 24.1. The molecule has 0 aliphatic rings. The summed E-state index contributed by atoms with van der Waals surface area (Å²) in [5.41, 5.74) is 1.72. The van der Waals surface area contributed by atoms with Crippen molar-refractivity contribution in [2.75, 3.05) is 5.32 Å². The molecule has 4 rings (SSSR count). The maximum atomic E-state index is 14.2. The summed E-state index contributed by atoms with van der Waals surface area (Å²) in [6.45, 7) is 0.162. The van der Waals surface area contributed by atoms with Crippen LogP contribution < -0.4 is 11.1 Å². The van der Waals surface area contributed by atoms with Crippen LogP contribution in [0.4, 0.5) is 10.1 Å². The van der Waals surface area contributed by atoms with Crippen LogP contribution in [0, 0.1) is 5.82 Å². The largest absolute Gasteiger partial charge is 0.419 e. The minimum Gasteiger partial charge on any atom is -0.408 e. The summed E-state index contributed by atoms with van der Waals surface area (Å²) in [5, 5.41) is 6.61. The van der Waals surface area contributed by atoms with E-state index in [9.17, 15) is 14.0 Å². The Morgan fingerprint density at radius 3 is 2.81 bits per heavy atom. The molecule has 0 aliphatic heterocycles. The topological polar surface area (TPSA) is 82.1 Å². The van der Waals surface area contributed by atoms with Crippen molar-refractivity contribution in [3.05, 3.63) is 77.3 Å². The number of halogens is 1. The van der Waals surface area contributed by atoms with Gasteiger partial charge >= 0.3 is 5.76 Å². The number of benzene rings is 2. The molecule has 2 aromatic carbocycles. The number of carbonyl (C=O) groups is 1. The Kier molecular flexibility index (Phi) is 4.29. The molecule has 7 nitrogen and oxygen atoms in total. The average molecular weight is 366 g/mol. The van der Waals surface area contributed by atoms with Gasteiger partial charge in [-0.1, -0.05) is 12.1 Å². The second-order valence-electron chi connectivity index (χ2n) is 5.90. The third-order valence-electron chi connectivity index (χ3n) is 4.12. The fourth-order valence-electron chi connectivity index (χ4n) is 2.84. The van der Waals surface area contributed by atoms with Crippen molar-refractivity contribution in [1.29, 1.82) is 0 Å². The second kappa shape index (κ2) is 6.91. The first-order chi connectivity index (χ1) is 13.1. The number of aromatic nitrogens is 3. The van der Waals surface area contributed by atoms with Gasteiger partial charge < -0.3 is 9.73 Å². The van der Waals surface area contributed by atoms with E-state index in [0.29, 0.717) is 16.8 Å². The number of rotatable bonds is 5. The maximum absolute atomic E-state index is 14.2. The molecule has 0 fully saturated rings. The molecular weight excluding hydrogens is 351 g/mol. The second-order valence-corrected chi connectivity index (χ2v) is 5.90. The van der Waals surface area contributed by atoms with E-state index in [2.05, 4.69) is 10.4 Å². The van der Waals surface area contributed by atoms with E-state index in [0.717, 1.165) is 0 Å². The molecule has 0 spiro atoms. The molecule has 27 heavy (non-hydrogen) atoms. The van der Waals surface area contributed by atoms with Gasteiger partial charge in [0.15, 0.2) is 11.4 Å². The number of amides is 1. The molecule has 1 amide bonds. The number of hydrogen-bond acceptors (Lipinski definition) is 4. The van der Waals surface area contributed by atoms with Crippen molar-refractivity contribution in [3.8, 4) is 5.69 Å². The van der Waals surface area contributed by atoms with Crippen molar-refractivity contribution in [1.82, 2.24) is 14.3 Å². The summed E-state index contributed by atoms with van der Waals surface area (Å²) >= 11 is 0. The number of para-hydroxylation sites is 2. The molecule has 0 unspecified atom stereocenters. The number of nitrogens with zero attached hydrogens (tertiary/aromatic N) is 3. The Hall–Kier alpha value is -3.68. The summed E-state index contributed by atoms with van der Waals surface area (Å²) < 4.78 is 22.2. The quantitative estimate of drug-likeness (QED) is 0.589. The van der Waals surface area contributed by atoms with Gasteiger partial charge in [-0.25, -0.2) is 13.9 Å². The van der Waals surface area contributed by atoms with Crippen LogP contribution in [0.3, 0.4) is 0 Å². The van der Waals surface area contributed by atoms with Crippen molar-refractivity contribution >= 4 is 22.7 Å². The third kappa shape index (κ3) is 3.37. The zero-order valence-corrected chi connectivity index (χ0v) is 14.1. The highest BCUT2D eigenvalue weighted by atomic mass is 19.1. The highest BCUT2D eigenvalue weighted by Gasteiger charge is 2.12. The van der Waals surface area contributed by atoms with Crippen molar-refractivity contribution in [2.24, 2.45) is 0 Å². The fraction of sp³-hybridized carbons (Fsp3) is 0.105. The van der Waals surface area contributed by atoms with E-state index in [4.69, 9.17) is 4.42 Å². The highest BCUT2D eigenvalue weighted by molar-refractivity contribution is 5.90. The lowest BCUT2D eigenvalue weighted by molar-refractivity contribution is -0.116. The standard InChI is InChI=1S/C19H15FN4O3/c20-14-12-13(6-7-15(14)24-10-3-9-21-24)22-18(25)8-11-23-16-4-1-2-5-17(16)27-19(23)26/h1-7,9-10,12H,8,11H2,(H,22,25). The Morgan fingerprint density at radius 2 is 2.04 bits per heavy atom. The smallest absolute Gasteiger partial charge is 0.408 e. The number of fused-ring (bicyclic) bond motifs is 1.